The number of carboxylic acid groups (broad SMARTS) is 1. The third kappa shape index (κ3) is 2.93. The van der Waals surface area contributed by atoms with Crippen LogP contribution in [0.25, 0.3) is 0 Å². The van der Waals surface area contributed by atoms with Gasteiger partial charge in [0.15, 0.2) is 0 Å². The summed E-state index contributed by atoms with van der Waals surface area (Å²) in [6.07, 6.45) is 0. The van der Waals surface area contributed by atoms with E-state index in [1.165, 1.54) is 10.5 Å². The van der Waals surface area contributed by atoms with Gasteiger partial charge in [0.25, 0.3) is 0 Å². The summed E-state index contributed by atoms with van der Waals surface area (Å²) in [5.74, 6) is -0.606. The molecule has 1 amide bonds. The van der Waals surface area contributed by atoms with Crippen molar-refractivity contribution in [1.82, 2.24) is 5.32 Å². The molecule has 102 valence electrons. The minimum atomic E-state index is -0.934. The van der Waals surface area contributed by atoms with E-state index in [2.05, 4.69) is 19.2 Å². The molecular weight excluding hydrogens is 244 g/mol. The number of anilines is 1. The van der Waals surface area contributed by atoms with Crippen LogP contribution in [0, 0.1) is 0 Å². The van der Waals surface area contributed by atoms with E-state index in [-0.39, 0.29) is 19.0 Å². The van der Waals surface area contributed by atoms with E-state index in [1.807, 2.05) is 24.3 Å². The predicted molar refractivity (Wildman–Crippen MR) is 72.3 cm³/mol. The van der Waals surface area contributed by atoms with Crippen molar-refractivity contribution in [2.45, 2.75) is 25.8 Å². The number of nitrogens with one attached hydrogen (secondary N) is 1. The van der Waals surface area contributed by atoms with Gasteiger partial charge in [0.1, 0.15) is 6.04 Å². The number of carboxylic acids is 1. The molecule has 0 saturated carbocycles. The van der Waals surface area contributed by atoms with Crippen molar-refractivity contribution in [1.29, 1.82) is 0 Å². The van der Waals surface area contributed by atoms with E-state index in [0.29, 0.717) is 5.92 Å². The predicted octanol–water partition coefficient (Wildman–Crippen LogP) is 1.20. The number of piperazine rings is 1. The number of amides is 1. The second kappa shape index (κ2) is 5.40. The van der Waals surface area contributed by atoms with Crippen LogP contribution in [0.3, 0.4) is 0 Å². The number of nitrogens with zero attached hydrogens (tertiary/aromatic N) is 1. The number of benzene rings is 1. The molecule has 1 heterocycles. The van der Waals surface area contributed by atoms with Crippen LogP contribution in [0.15, 0.2) is 24.3 Å². The van der Waals surface area contributed by atoms with Gasteiger partial charge in [-0.2, -0.15) is 0 Å². The Kier molecular flexibility index (Phi) is 3.85. The first-order valence-corrected chi connectivity index (χ1v) is 6.35. The molecule has 2 rings (SSSR count). The molecular formula is C14H18N2O3. The number of rotatable bonds is 3. The fourth-order valence-electron chi connectivity index (χ4n) is 2.11. The monoisotopic (exact) mass is 262 g/mol. The van der Waals surface area contributed by atoms with Gasteiger partial charge < -0.3 is 10.0 Å². The Balaban J connectivity index is 2.19. The van der Waals surface area contributed by atoms with Crippen molar-refractivity contribution in [2.75, 3.05) is 18.0 Å². The van der Waals surface area contributed by atoms with Crippen LogP contribution in [0.1, 0.15) is 25.3 Å². The summed E-state index contributed by atoms with van der Waals surface area (Å²) in [6.45, 7) is 4.43. The van der Waals surface area contributed by atoms with Gasteiger partial charge in [0.2, 0.25) is 5.91 Å². The van der Waals surface area contributed by atoms with Gasteiger partial charge in [0, 0.05) is 5.69 Å². The Morgan fingerprint density at radius 1 is 1.37 bits per heavy atom. The van der Waals surface area contributed by atoms with Gasteiger partial charge in [-0.15, -0.1) is 0 Å². The van der Waals surface area contributed by atoms with Crippen molar-refractivity contribution < 1.29 is 14.7 Å². The molecule has 1 aromatic rings. The van der Waals surface area contributed by atoms with E-state index in [0.717, 1.165) is 5.69 Å². The van der Waals surface area contributed by atoms with Crippen LogP contribution >= 0.6 is 0 Å². The third-order valence-corrected chi connectivity index (χ3v) is 3.34. The smallest absolute Gasteiger partial charge is 0.322 e. The summed E-state index contributed by atoms with van der Waals surface area (Å²) < 4.78 is 0. The van der Waals surface area contributed by atoms with Gasteiger partial charge in [-0.25, -0.2) is 0 Å². The zero-order valence-electron chi connectivity index (χ0n) is 11.1. The Morgan fingerprint density at radius 3 is 2.53 bits per heavy atom. The number of hydrogen-bond donors (Lipinski definition) is 2. The number of hydrogen-bond acceptors (Lipinski definition) is 3. The quantitative estimate of drug-likeness (QED) is 0.858. The van der Waals surface area contributed by atoms with E-state index >= 15 is 0 Å². The molecule has 0 spiro atoms. The van der Waals surface area contributed by atoms with Gasteiger partial charge in [-0.05, 0) is 23.6 Å². The molecule has 1 fully saturated rings. The molecule has 1 aliphatic rings. The number of carbonyl (C=O) groups excluding carboxylic acids is 1. The van der Waals surface area contributed by atoms with E-state index < -0.39 is 12.0 Å². The number of carbonyl (C=O) groups is 2. The van der Waals surface area contributed by atoms with Crippen LogP contribution in [0.2, 0.25) is 0 Å². The zero-order chi connectivity index (χ0) is 14.0. The maximum atomic E-state index is 11.9. The third-order valence-electron chi connectivity index (χ3n) is 3.34. The van der Waals surface area contributed by atoms with Gasteiger partial charge >= 0.3 is 5.97 Å². The Bertz CT molecular complexity index is 482. The fourth-order valence-corrected chi connectivity index (χ4v) is 2.11. The minimum absolute atomic E-state index is 0.0584. The maximum absolute atomic E-state index is 11.9. The molecule has 1 unspecified atom stereocenters. The first kappa shape index (κ1) is 13.5. The Labute approximate surface area is 112 Å². The van der Waals surface area contributed by atoms with Crippen molar-refractivity contribution in [3.63, 3.8) is 0 Å². The molecule has 5 heteroatoms. The van der Waals surface area contributed by atoms with Crippen molar-refractivity contribution in [2.24, 2.45) is 0 Å². The lowest BCUT2D eigenvalue weighted by Crippen LogP contribution is -2.57. The van der Waals surface area contributed by atoms with Crippen molar-refractivity contribution >= 4 is 17.6 Å². The van der Waals surface area contributed by atoms with Crippen LogP contribution in [-0.4, -0.2) is 36.1 Å². The van der Waals surface area contributed by atoms with Crippen molar-refractivity contribution in [3.05, 3.63) is 29.8 Å². The molecule has 1 saturated heterocycles. The van der Waals surface area contributed by atoms with Crippen LogP contribution in [-0.2, 0) is 9.59 Å². The summed E-state index contributed by atoms with van der Waals surface area (Å²) in [5, 5.41) is 11.7. The largest absolute Gasteiger partial charge is 0.480 e. The molecule has 0 aliphatic carbocycles. The standard InChI is InChI=1S/C14H18N2O3/c1-9(2)10-3-5-11(6-4-10)16-8-12(14(18)19)15-7-13(16)17/h3-6,9,12,15H,7-8H2,1-2H3,(H,18,19). The normalized spacial score (nSPS) is 19.8. The molecule has 19 heavy (non-hydrogen) atoms. The van der Waals surface area contributed by atoms with Crippen molar-refractivity contribution in [3.8, 4) is 0 Å². The van der Waals surface area contributed by atoms with E-state index in [4.69, 9.17) is 5.11 Å². The SMILES string of the molecule is CC(C)c1ccc(N2CC(C(=O)O)NCC2=O)cc1. The Morgan fingerprint density at radius 2 is 2.00 bits per heavy atom. The highest BCUT2D eigenvalue weighted by Crippen LogP contribution is 2.21. The van der Waals surface area contributed by atoms with Crippen LogP contribution in [0.5, 0.6) is 0 Å². The van der Waals surface area contributed by atoms with Gasteiger partial charge in [-0.3, -0.25) is 14.9 Å². The Hall–Kier alpha value is -1.88. The minimum Gasteiger partial charge on any atom is -0.480 e. The lowest BCUT2D eigenvalue weighted by Gasteiger charge is -2.31. The first-order valence-electron chi connectivity index (χ1n) is 6.35. The molecule has 1 atom stereocenters. The average Bonchev–Trinajstić information content (AvgIpc) is 2.39. The first-order chi connectivity index (χ1) is 8.99. The molecule has 0 aromatic heterocycles. The van der Waals surface area contributed by atoms with E-state index in [1.54, 1.807) is 0 Å². The van der Waals surface area contributed by atoms with Gasteiger partial charge in [-0.1, -0.05) is 26.0 Å². The topological polar surface area (TPSA) is 69.6 Å². The lowest BCUT2D eigenvalue weighted by atomic mass is 10.0. The molecule has 1 aliphatic heterocycles. The highest BCUT2D eigenvalue weighted by atomic mass is 16.4. The molecule has 2 N–H and O–H groups in total. The van der Waals surface area contributed by atoms with Gasteiger partial charge in [0.05, 0.1) is 13.1 Å². The molecule has 1 aromatic carbocycles. The van der Waals surface area contributed by atoms with Crippen LogP contribution in [0.4, 0.5) is 5.69 Å². The van der Waals surface area contributed by atoms with E-state index in [9.17, 15) is 9.59 Å². The highest BCUT2D eigenvalue weighted by Gasteiger charge is 2.30. The second-order valence-corrected chi connectivity index (χ2v) is 5.02. The zero-order valence-corrected chi connectivity index (χ0v) is 11.1. The highest BCUT2D eigenvalue weighted by molar-refractivity contribution is 5.97. The summed E-state index contributed by atoms with van der Waals surface area (Å²) in [6, 6.07) is 6.99. The average molecular weight is 262 g/mol. The molecule has 0 radical (unpaired) electrons. The summed E-state index contributed by atoms with van der Waals surface area (Å²) in [5.41, 5.74) is 1.95. The molecule has 5 nitrogen and oxygen atoms in total. The second-order valence-electron chi connectivity index (χ2n) is 5.02. The summed E-state index contributed by atoms with van der Waals surface area (Å²) in [7, 11) is 0. The number of aliphatic carboxylic acids is 1. The lowest BCUT2D eigenvalue weighted by molar-refractivity contribution is -0.139. The summed E-state index contributed by atoms with van der Waals surface area (Å²) >= 11 is 0. The molecule has 0 bridgehead atoms. The fraction of sp³-hybridized carbons (Fsp3) is 0.429. The van der Waals surface area contributed by atoms with Crippen LogP contribution < -0.4 is 10.2 Å². The summed E-state index contributed by atoms with van der Waals surface area (Å²) in [4.78, 5) is 24.4. The maximum Gasteiger partial charge on any atom is 0.322 e.